The van der Waals surface area contributed by atoms with Gasteiger partial charge in [-0.05, 0) is 52.6 Å². The van der Waals surface area contributed by atoms with Gasteiger partial charge in [-0.15, -0.1) is 0 Å². The van der Waals surface area contributed by atoms with E-state index in [0.717, 1.165) is 31.5 Å². The van der Waals surface area contributed by atoms with E-state index in [0.29, 0.717) is 5.92 Å². The first kappa shape index (κ1) is 11.9. The van der Waals surface area contributed by atoms with Crippen molar-refractivity contribution >= 4 is 28.6 Å². The van der Waals surface area contributed by atoms with Crippen LogP contribution in [0.25, 0.3) is 0 Å². The highest BCUT2D eigenvalue weighted by Gasteiger charge is 2.24. The van der Waals surface area contributed by atoms with Gasteiger partial charge in [-0.3, -0.25) is 4.79 Å². The van der Waals surface area contributed by atoms with E-state index in [4.69, 9.17) is 0 Å². The fourth-order valence-electron chi connectivity index (χ4n) is 2.49. The SMILES string of the molecule is O=C(c1ccsc1)N1CCC(c2ccsc2)CC1. The van der Waals surface area contributed by atoms with E-state index in [1.54, 1.807) is 22.7 Å². The number of nitrogens with zero attached hydrogens (tertiary/aromatic N) is 1. The summed E-state index contributed by atoms with van der Waals surface area (Å²) in [6.07, 6.45) is 2.18. The number of amides is 1. The van der Waals surface area contributed by atoms with Crippen LogP contribution in [-0.4, -0.2) is 23.9 Å². The molecule has 0 aliphatic carbocycles. The maximum Gasteiger partial charge on any atom is 0.254 e. The van der Waals surface area contributed by atoms with Crippen LogP contribution in [0.3, 0.4) is 0 Å². The first-order valence-electron chi connectivity index (χ1n) is 6.18. The summed E-state index contributed by atoms with van der Waals surface area (Å²) >= 11 is 3.34. The highest BCUT2D eigenvalue weighted by Crippen LogP contribution is 2.30. The Morgan fingerprint density at radius 2 is 1.83 bits per heavy atom. The highest BCUT2D eigenvalue weighted by molar-refractivity contribution is 7.08. The molecule has 94 valence electrons. The molecule has 1 aliphatic rings. The zero-order valence-corrected chi connectivity index (χ0v) is 11.7. The van der Waals surface area contributed by atoms with Gasteiger partial charge in [0.2, 0.25) is 0 Å². The number of rotatable bonds is 2. The van der Waals surface area contributed by atoms with Gasteiger partial charge < -0.3 is 4.90 Å². The van der Waals surface area contributed by atoms with E-state index >= 15 is 0 Å². The van der Waals surface area contributed by atoms with Crippen LogP contribution in [-0.2, 0) is 0 Å². The van der Waals surface area contributed by atoms with Gasteiger partial charge in [-0.1, -0.05) is 0 Å². The van der Waals surface area contributed by atoms with Crippen molar-refractivity contribution in [2.75, 3.05) is 13.1 Å². The molecule has 0 atom stereocenters. The summed E-state index contributed by atoms with van der Waals surface area (Å²) in [7, 11) is 0. The van der Waals surface area contributed by atoms with Gasteiger partial charge >= 0.3 is 0 Å². The number of likely N-dealkylation sites (tertiary alicyclic amines) is 1. The molecule has 2 aromatic heterocycles. The van der Waals surface area contributed by atoms with Gasteiger partial charge in [0.15, 0.2) is 0 Å². The van der Waals surface area contributed by atoms with Crippen LogP contribution in [0.4, 0.5) is 0 Å². The fraction of sp³-hybridized carbons (Fsp3) is 0.357. The summed E-state index contributed by atoms with van der Waals surface area (Å²) in [5.41, 5.74) is 2.29. The van der Waals surface area contributed by atoms with E-state index in [2.05, 4.69) is 16.8 Å². The van der Waals surface area contributed by atoms with Gasteiger partial charge in [0.05, 0.1) is 5.56 Å². The number of hydrogen-bond acceptors (Lipinski definition) is 3. The molecule has 0 saturated carbocycles. The first-order chi connectivity index (χ1) is 8.84. The monoisotopic (exact) mass is 277 g/mol. The molecule has 0 unspecified atom stereocenters. The lowest BCUT2D eigenvalue weighted by molar-refractivity contribution is 0.0713. The molecule has 1 saturated heterocycles. The van der Waals surface area contributed by atoms with Crippen molar-refractivity contribution in [2.24, 2.45) is 0 Å². The van der Waals surface area contributed by atoms with Crippen molar-refractivity contribution < 1.29 is 4.79 Å². The Balaban J connectivity index is 1.62. The van der Waals surface area contributed by atoms with Gasteiger partial charge in [0, 0.05) is 18.5 Å². The maximum absolute atomic E-state index is 12.2. The van der Waals surface area contributed by atoms with Crippen LogP contribution >= 0.6 is 22.7 Å². The molecule has 1 aliphatic heterocycles. The van der Waals surface area contributed by atoms with Crippen LogP contribution in [0.15, 0.2) is 33.7 Å². The lowest BCUT2D eigenvalue weighted by Gasteiger charge is -2.31. The van der Waals surface area contributed by atoms with Crippen LogP contribution < -0.4 is 0 Å². The molecule has 2 nitrogen and oxygen atoms in total. The second-order valence-corrected chi connectivity index (χ2v) is 6.20. The van der Waals surface area contributed by atoms with Gasteiger partial charge in [0.1, 0.15) is 0 Å². The fourth-order valence-corrected chi connectivity index (χ4v) is 3.86. The minimum absolute atomic E-state index is 0.194. The second kappa shape index (κ2) is 5.24. The van der Waals surface area contributed by atoms with E-state index < -0.39 is 0 Å². The Kier molecular flexibility index (Phi) is 3.48. The lowest BCUT2D eigenvalue weighted by atomic mass is 9.91. The molecule has 3 rings (SSSR count). The van der Waals surface area contributed by atoms with Gasteiger partial charge in [-0.25, -0.2) is 0 Å². The predicted molar refractivity (Wildman–Crippen MR) is 76.5 cm³/mol. The summed E-state index contributed by atoms with van der Waals surface area (Å²) in [6.45, 7) is 1.77. The first-order valence-corrected chi connectivity index (χ1v) is 8.07. The largest absolute Gasteiger partial charge is 0.339 e. The average Bonchev–Trinajstić information content (AvgIpc) is 3.11. The molecule has 0 spiro atoms. The number of thiophene rings is 2. The molecule has 1 amide bonds. The Labute approximate surface area is 115 Å². The minimum Gasteiger partial charge on any atom is -0.339 e. The van der Waals surface area contributed by atoms with Crippen LogP contribution in [0.2, 0.25) is 0 Å². The summed E-state index contributed by atoms with van der Waals surface area (Å²) < 4.78 is 0. The predicted octanol–water partition coefficient (Wildman–Crippen LogP) is 3.83. The molecular weight excluding hydrogens is 262 g/mol. The van der Waals surface area contributed by atoms with Crippen molar-refractivity contribution in [2.45, 2.75) is 18.8 Å². The van der Waals surface area contributed by atoms with Crippen molar-refractivity contribution in [3.8, 4) is 0 Å². The lowest BCUT2D eigenvalue weighted by Crippen LogP contribution is -2.37. The number of carbonyl (C=O) groups excluding carboxylic acids is 1. The minimum atomic E-state index is 0.194. The maximum atomic E-state index is 12.2. The number of carbonyl (C=O) groups is 1. The Morgan fingerprint density at radius 3 is 2.44 bits per heavy atom. The third-order valence-electron chi connectivity index (χ3n) is 3.56. The summed E-state index contributed by atoms with van der Waals surface area (Å²) in [5, 5.41) is 8.28. The summed E-state index contributed by atoms with van der Waals surface area (Å²) in [6, 6.07) is 4.13. The zero-order valence-electron chi connectivity index (χ0n) is 10.0. The van der Waals surface area contributed by atoms with Crippen LogP contribution in [0.5, 0.6) is 0 Å². The van der Waals surface area contributed by atoms with Gasteiger partial charge in [0.25, 0.3) is 5.91 Å². The summed E-state index contributed by atoms with van der Waals surface area (Å²) in [5.74, 6) is 0.836. The topological polar surface area (TPSA) is 20.3 Å². The van der Waals surface area contributed by atoms with Crippen molar-refractivity contribution in [3.05, 3.63) is 44.8 Å². The Hall–Kier alpha value is -1.13. The van der Waals surface area contributed by atoms with Crippen LogP contribution in [0, 0.1) is 0 Å². The molecule has 0 bridgehead atoms. The molecule has 1 fully saturated rings. The van der Waals surface area contributed by atoms with E-state index in [1.807, 2.05) is 21.7 Å². The van der Waals surface area contributed by atoms with Gasteiger partial charge in [-0.2, -0.15) is 22.7 Å². The summed E-state index contributed by atoms with van der Waals surface area (Å²) in [4.78, 5) is 14.2. The molecule has 0 radical (unpaired) electrons. The highest BCUT2D eigenvalue weighted by atomic mass is 32.1. The van der Waals surface area contributed by atoms with E-state index in [-0.39, 0.29) is 5.91 Å². The van der Waals surface area contributed by atoms with Crippen molar-refractivity contribution in [3.63, 3.8) is 0 Å². The number of piperidine rings is 1. The third kappa shape index (κ3) is 2.35. The second-order valence-electron chi connectivity index (χ2n) is 4.64. The molecule has 18 heavy (non-hydrogen) atoms. The Morgan fingerprint density at radius 1 is 1.11 bits per heavy atom. The number of hydrogen-bond donors (Lipinski definition) is 0. The Bertz CT molecular complexity index is 496. The van der Waals surface area contributed by atoms with E-state index in [1.165, 1.54) is 5.56 Å². The average molecular weight is 277 g/mol. The third-order valence-corrected chi connectivity index (χ3v) is 4.95. The molecule has 2 aromatic rings. The standard InChI is InChI=1S/C14H15NOS2/c16-14(13-4-8-18-10-13)15-5-1-11(2-6-15)12-3-7-17-9-12/h3-4,7-11H,1-2,5-6H2. The molecule has 0 N–H and O–H groups in total. The van der Waals surface area contributed by atoms with E-state index in [9.17, 15) is 4.79 Å². The molecule has 3 heterocycles. The quantitative estimate of drug-likeness (QED) is 0.817. The smallest absolute Gasteiger partial charge is 0.254 e. The zero-order chi connectivity index (χ0) is 12.4. The normalized spacial score (nSPS) is 17.0. The van der Waals surface area contributed by atoms with Crippen molar-refractivity contribution in [1.82, 2.24) is 4.90 Å². The molecule has 4 heteroatoms. The molecular formula is C14H15NOS2. The molecule has 0 aromatic carbocycles. The van der Waals surface area contributed by atoms with Crippen molar-refractivity contribution in [1.29, 1.82) is 0 Å². The van der Waals surface area contributed by atoms with Crippen LogP contribution in [0.1, 0.15) is 34.7 Å².